The van der Waals surface area contributed by atoms with Gasteiger partial charge in [-0.05, 0) is 30.3 Å². The number of carbonyl (C=O) groups excluding carboxylic acids is 1. The Labute approximate surface area is 114 Å². The van der Waals surface area contributed by atoms with Crippen molar-refractivity contribution in [2.45, 2.75) is 0 Å². The Morgan fingerprint density at radius 3 is 2.80 bits per heavy atom. The van der Waals surface area contributed by atoms with Crippen LogP contribution in [0.2, 0.25) is 0 Å². The molecule has 0 saturated carbocycles. The molecular weight excluding hydrogens is 263 g/mol. The minimum Gasteiger partial charge on any atom is -0.454 e. The lowest BCUT2D eigenvalue weighted by Crippen LogP contribution is -2.14. The van der Waals surface area contributed by atoms with E-state index in [4.69, 9.17) is 15.2 Å². The van der Waals surface area contributed by atoms with E-state index in [1.165, 1.54) is 24.3 Å². The van der Waals surface area contributed by atoms with Crippen LogP contribution in [0.1, 0.15) is 10.4 Å². The number of hydrogen-bond donors (Lipinski definition) is 2. The molecule has 0 atom stereocenters. The average Bonchev–Trinajstić information content (AvgIpc) is 2.90. The molecule has 1 aliphatic rings. The van der Waals surface area contributed by atoms with Crippen LogP contribution in [0.15, 0.2) is 36.4 Å². The van der Waals surface area contributed by atoms with Crippen molar-refractivity contribution in [2.24, 2.45) is 0 Å². The third-order valence-electron chi connectivity index (χ3n) is 2.92. The lowest BCUT2D eigenvalue weighted by atomic mass is 10.1. The number of nitrogens with one attached hydrogen (secondary N) is 1. The van der Waals surface area contributed by atoms with Gasteiger partial charge in [-0.15, -0.1) is 0 Å². The number of ether oxygens (including phenoxy) is 2. The van der Waals surface area contributed by atoms with E-state index in [-0.39, 0.29) is 18.2 Å². The van der Waals surface area contributed by atoms with Gasteiger partial charge in [-0.2, -0.15) is 0 Å². The monoisotopic (exact) mass is 274 g/mol. The normalized spacial score (nSPS) is 12.2. The molecule has 6 heteroatoms. The fraction of sp³-hybridized carbons (Fsp3) is 0.0714. The van der Waals surface area contributed by atoms with E-state index < -0.39 is 11.7 Å². The predicted molar refractivity (Wildman–Crippen MR) is 71.3 cm³/mol. The minimum atomic E-state index is -0.584. The summed E-state index contributed by atoms with van der Waals surface area (Å²) in [5.41, 5.74) is 6.10. The van der Waals surface area contributed by atoms with Gasteiger partial charge >= 0.3 is 0 Å². The minimum absolute atomic E-state index is 0.0323. The molecule has 3 N–H and O–H groups in total. The zero-order valence-electron chi connectivity index (χ0n) is 10.4. The topological polar surface area (TPSA) is 73.6 Å². The molecule has 2 aromatic rings. The van der Waals surface area contributed by atoms with Gasteiger partial charge < -0.3 is 20.5 Å². The second-order valence-corrected chi connectivity index (χ2v) is 4.23. The van der Waals surface area contributed by atoms with Crippen LogP contribution in [-0.2, 0) is 0 Å². The van der Waals surface area contributed by atoms with Gasteiger partial charge in [0.25, 0.3) is 5.91 Å². The highest BCUT2D eigenvalue weighted by atomic mass is 19.1. The highest BCUT2D eigenvalue weighted by molar-refractivity contribution is 6.06. The third kappa shape index (κ3) is 2.11. The standard InChI is InChI=1S/C14H11FN2O3/c15-9-2-1-3-10(16)13(9)17-14(18)8-4-5-11-12(6-8)20-7-19-11/h1-6H,7,16H2,(H,17,18). The van der Waals surface area contributed by atoms with Crippen LogP contribution in [0.3, 0.4) is 0 Å². The number of amides is 1. The second-order valence-electron chi connectivity index (χ2n) is 4.23. The first kappa shape index (κ1) is 12.3. The number of fused-ring (bicyclic) bond motifs is 1. The van der Waals surface area contributed by atoms with Crippen molar-refractivity contribution in [3.8, 4) is 11.5 Å². The van der Waals surface area contributed by atoms with Gasteiger partial charge in [0.1, 0.15) is 11.5 Å². The lowest BCUT2D eigenvalue weighted by molar-refractivity contribution is 0.102. The fourth-order valence-corrected chi connectivity index (χ4v) is 1.90. The van der Waals surface area contributed by atoms with Crippen molar-refractivity contribution < 1.29 is 18.7 Å². The lowest BCUT2D eigenvalue weighted by Gasteiger charge is -2.09. The summed E-state index contributed by atoms with van der Waals surface area (Å²) in [6, 6.07) is 8.95. The zero-order valence-corrected chi connectivity index (χ0v) is 10.4. The maximum Gasteiger partial charge on any atom is 0.255 e. The Hall–Kier alpha value is -2.76. The molecule has 102 valence electrons. The van der Waals surface area contributed by atoms with E-state index >= 15 is 0 Å². The van der Waals surface area contributed by atoms with Gasteiger partial charge in [0.2, 0.25) is 6.79 Å². The fourth-order valence-electron chi connectivity index (χ4n) is 1.90. The quantitative estimate of drug-likeness (QED) is 0.825. The number of carbonyl (C=O) groups is 1. The van der Waals surface area contributed by atoms with Gasteiger partial charge in [0.15, 0.2) is 11.5 Å². The van der Waals surface area contributed by atoms with Gasteiger partial charge in [0.05, 0.1) is 5.69 Å². The Morgan fingerprint density at radius 2 is 2.00 bits per heavy atom. The summed E-state index contributed by atoms with van der Waals surface area (Å²) in [5.74, 6) is 0.00491. The zero-order chi connectivity index (χ0) is 14.1. The van der Waals surface area contributed by atoms with E-state index in [0.29, 0.717) is 17.1 Å². The van der Waals surface area contributed by atoms with Crippen LogP contribution in [0.5, 0.6) is 11.5 Å². The first-order valence-corrected chi connectivity index (χ1v) is 5.90. The van der Waals surface area contributed by atoms with Crippen molar-refractivity contribution >= 4 is 17.3 Å². The van der Waals surface area contributed by atoms with E-state index in [1.807, 2.05) is 0 Å². The molecule has 1 amide bonds. The highest BCUT2D eigenvalue weighted by Gasteiger charge is 2.17. The molecule has 3 rings (SSSR count). The number of nitrogens with two attached hydrogens (primary N) is 1. The van der Waals surface area contributed by atoms with Gasteiger partial charge in [-0.1, -0.05) is 6.07 Å². The molecule has 0 aliphatic carbocycles. The van der Waals surface area contributed by atoms with Crippen LogP contribution in [0, 0.1) is 5.82 Å². The molecule has 0 bridgehead atoms. The summed E-state index contributed by atoms with van der Waals surface area (Å²) in [4.78, 5) is 12.1. The molecule has 0 fully saturated rings. The Bertz CT molecular complexity index is 668. The van der Waals surface area contributed by atoms with Gasteiger partial charge in [-0.25, -0.2) is 4.39 Å². The Balaban J connectivity index is 1.86. The predicted octanol–water partition coefficient (Wildman–Crippen LogP) is 2.39. The van der Waals surface area contributed by atoms with Gasteiger partial charge in [-0.3, -0.25) is 4.79 Å². The van der Waals surface area contributed by atoms with Crippen molar-refractivity contribution in [1.82, 2.24) is 0 Å². The van der Waals surface area contributed by atoms with E-state index in [1.54, 1.807) is 12.1 Å². The largest absolute Gasteiger partial charge is 0.454 e. The van der Waals surface area contributed by atoms with Crippen LogP contribution < -0.4 is 20.5 Å². The molecule has 1 heterocycles. The maximum absolute atomic E-state index is 13.6. The Kier molecular flexibility index (Phi) is 2.90. The number of hydrogen-bond acceptors (Lipinski definition) is 4. The average molecular weight is 274 g/mol. The maximum atomic E-state index is 13.6. The summed E-state index contributed by atoms with van der Waals surface area (Å²) >= 11 is 0. The highest BCUT2D eigenvalue weighted by Crippen LogP contribution is 2.33. The number of anilines is 2. The summed E-state index contributed by atoms with van der Waals surface area (Å²) < 4.78 is 23.9. The molecule has 0 aromatic heterocycles. The molecule has 0 saturated heterocycles. The molecule has 2 aromatic carbocycles. The second kappa shape index (κ2) is 4.73. The van der Waals surface area contributed by atoms with Crippen LogP contribution >= 0.6 is 0 Å². The van der Waals surface area contributed by atoms with Crippen molar-refractivity contribution in [3.05, 3.63) is 47.8 Å². The molecule has 0 unspecified atom stereocenters. The smallest absolute Gasteiger partial charge is 0.255 e. The molecule has 20 heavy (non-hydrogen) atoms. The van der Waals surface area contributed by atoms with Crippen LogP contribution in [0.4, 0.5) is 15.8 Å². The number of rotatable bonds is 2. The van der Waals surface area contributed by atoms with E-state index in [2.05, 4.69) is 5.32 Å². The number of para-hydroxylation sites is 1. The van der Waals surface area contributed by atoms with E-state index in [9.17, 15) is 9.18 Å². The number of nitrogen functional groups attached to an aromatic ring is 1. The van der Waals surface area contributed by atoms with Crippen LogP contribution in [-0.4, -0.2) is 12.7 Å². The first-order valence-electron chi connectivity index (χ1n) is 5.90. The molecule has 1 aliphatic heterocycles. The summed E-state index contributed by atoms with van der Waals surface area (Å²) in [6.07, 6.45) is 0. The summed E-state index contributed by atoms with van der Waals surface area (Å²) in [5, 5.41) is 2.45. The SMILES string of the molecule is Nc1cccc(F)c1NC(=O)c1ccc2c(c1)OCO2. The number of halogens is 1. The summed E-state index contributed by atoms with van der Waals surface area (Å²) in [7, 11) is 0. The summed E-state index contributed by atoms with van der Waals surface area (Å²) in [6.45, 7) is 0.126. The molecule has 5 nitrogen and oxygen atoms in total. The van der Waals surface area contributed by atoms with Crippen molar-refractivity contribution in [1.29, 1.82) is 0 Å². The van der Waals surface area contributed by atoms with Gasteiger partial charge in [0, 0.05) is 5.56 Å². The molecule has 0 spiro atoms. The number of benzene rings is 2. The third-order valence-corrected chi connectivity index (χ3v) is 2.92. The Morgan fingerprint density at radius 1 is 1.20 bits per heavy atom. The molecule has 0 radical (unpaired) electrons. The molecular formula is C14H11FN2O3. The van der Waals surface area contributed by atoms with Crippen molar-refractivity contribution in [2.75, 3.05) is 17.8 Å². The van der Waals surface area contributed by atoms with Crippen LogP contribution in [0.25, 0.3) is 0 Å². The van der Waals surface area contributed by atoms with Crippen molar-refractivity contribution in [3.63, 3.8) is 0 Å². The first-order chi connectivity index (χ1) is 9.65. The van der Waals surface area contributed by atoms with E-state index in [0.717, 1.165) is 0 Å².